The summed E-state index contributed by atoms with van der Waals surface area (Å²) in [5, 5.41) is 0. The fourth-order valence-corrected chi connectivity index (χ4v) is 2.82. The van der Waals surface area contributed by atoms with Crippen LogP contribution in [-0.2, 0) is 19.4 Å². The van der Waals surface area contributed by atoms with Crippen molar-refractivity contribution >= 4 is 15.8 Å². The maximum absolute atomic E-state index is 11.4. The van der Waals surface area contributed by atoms with Crippen molar-refractivity contribution in [3.8, 4) is 0 Å². The number of nitrogens with zero attached hydrogens (tertiary/aromatic N) is 1. The third kappa shape index (κ3) is 5.50. The Morgan fingerprint density at radius 1 is 1.47 bits per heavy atom. The molecule has 0 bridgehead atoms. The average Bonchev–Trinajstić information content (AvgIpc) is 2.27. The maximum Gasteiger partial charge on any atom is 0.309 e. The molecule has 1 unspecified atom stereocenters. The van der Waals surface area contributed by atoms with E-state index in [0.29, 0.717) is 13.0 Å². The van der Waals surface area contributed by atoms with Gasteiger partial charge in [-0.25, -0.2) is 8.42 Å². The van der Waals surface area contributed by atoms with E-state index in [1.54, 1.807) is 0 Å². The second-order valence-corrected chi connectivity index (χ2v) is 6.91. The minimum Gasteiger partial charge on any atom is -0.469 e. The van der Waals surface area contributed by atoms with E-state index in [-0.39, 0.29) is 17.6 Å². The number of carbonyl (C=O) groups excluding carboxylic acids is 1. The molecule has 1 aliphatic rings. The predicted molar refractivity (Wildman–Crippen MR) is 65.5 cm³/mol. The summed E-state index contributed by atoms with van der Waals surface area (Å²) in [5.74, 6) is 0.0108. The predicted octanol–water partition coefficient (Wildman–Crippen LogP) is 0.306. The summed E-state index contributed by atoms with van der Waals surface area (Å²) >= 11 is 0. The van der Waals surface area contributed by atoms with Gasteiger partial charge in [0.25, 0.3) is 0 Å². The van der Waals surface area contributed by atoms with Crippen LogP contribution in [0.3, 0.4) is 0 Å². The molecule has 1 fully saturated rings. The summed E-state index contributed by atoms with van der Waals surface area (Å²) in [4.78, 5) is 13.5. The molecule has 0 saturated carbocycles. The quantitative estimate of drug-likeness (QED) is 0.668. The van der Waals surface area contributed by atoms with Gasteiger partial charge in [-0.05, 0) is 32.4 Å². The van der Waals surface area contributed by atoms with Crippen LogP contribution in [0.5, 0.6) is 0 Å². The highest BCUT2D eigenvalue weighted by molar-refractivity contribution is 7.90. The van der Waals surface area contributed by atoms with Gasteiger partial charge in [0.15, 0.2) is 0 Å². The molecule has 1 heterocycles. The Bertz CT molecular complexity index is 352. The molecular formula is C11H21NO4S. The monoisotopic (exact) mass is 263 g/mol. The Kier molecular flexibility index (Phi) is 5.39. The number of carbonyl (C=O) groups is 1. The molecule has 0 aromatic heterocycles. The molecular weight excluding hydrogens is 242 g/mol. The molecule has 17 heavy (non-hydrogen) atoms. The Balaban J connectivity index is 2.32. The van der Waals surface area contributed by atoms with Gasteiger partial charge in [-0.3, -0.25) is 4.79 Å². The minimum atomic E-state index is -2.88. The smallest absolute Gasteiger partial charge is 0.309 e. The average molecular weight is 263 g/mol. The third-order valence-electron chi connectivity index (χ3n) is 3.03. The van der Waals surface area contributed by atoms with Gasteiger partial charge in [-0.2, -0.15) is 0 Å². The molecule has 1 atom stereocenters. The molecule has 0 aromatic rings. The van der Waals surface area contributed by atoms with Crippen LogP contribution in [0.2, 0.25) is 0 Å². The largest absolute Gasteiger partial charge is 0.469 e. The van der Waals surface area contributed by atoms with Crippen LogP contribution < -0.4 is 0 Å². The van der Waals surface area contributed by atoms with Crippen LogP contribution in [0.25, 0.3) is 0 Å². The lowest BCUT2D eigenvalue weighted by molar-refractivity contribution is -0.147. The summed E-state index contributed by atoms with van der Waals surface area (Å²) in [7, 11) is -1.47. The van der Waals surface area contributed by atoms with Crippen molar-refractivity contribution in [3.63, 3.8) is 0 Å². The number of methoxy groups -OCH3 is 1. The first-order valence-corrected chi connectivity index (χ1v) is 7.96. The first kappa shape index (κ1) is 14.4. The van der Waals surface area contributed by atoms with E-state index in [4.69, 9.17) is 4.74 Å². The summed E-state index contributed by atoms with van der Waals surface area (Å²) < 4.78 is 26.7. The Morgan fingerprint density at radius 3 is 2.76 bits per heavy atom. The van der Waals surface area contributed by atoms with E-state index in [1.165, 1.54) is 13.4 Å². The second-order valence-electron chi connectivity index (χ2n) is 4.65. The third-order valence-corrected chi connectivity index (χ3v) is 4.06. The zero-order valence-corrected chi connectivity index (χ0v) is 11.3. The lowest BCUT2D eigenvalue weighted by Crippen LogP contribution is -2.39. The zero-order chi connectivity index (χ0) is 12.9. The van der Waals surface area contributed by atoms with Crippen LogP contribution in [0, 0.1) is 5.92 Å². The first-order valence-electron chi connectivity index (χ1n) is 5.90. The molecule has 100 valence electrons. The van der Waals surface area contributed by atoms with Gasteiger partial charge in [0, 0.05) is 12.8 Å². The Morgan fingerprint density at radius 2 is 2.18 bits per heavy atom. The van der Waals surface area contributed by atoms with Crippen molar-refractivity contribution in [1.82, 2.24) is 4.90 Å². The highest BCUT2D eigenvalue weighted by Gasteiger charge is 2.26. The van der Waals surface area contributed by atoms with Gasteiger partial charge in [0.05, 0.1) is 18.8 Å². The zero-order valence-electron chi connectivity index (χ0n) is 10.5. The Hall–Kier alpha value is -0.620. The second kappa shape index (κ2) is 6.35. The molecule has 0 spiro atoms. The molecule has 0 amide bonds. The fourth-order valence-electron chi connectivity index (χ4n) is 2.17. The van der Waals surface area contributed by atoms with E-state index >= 15 is 0 Å². The molecule has 6 heteroatoms. The van der Waals surface area contributed by atoms with Gasteiger partial charge in [0.2, 0.25) is 0 Å². The van der Waals surface area contributed by atoms with Gasteiger partial charge >= 0.3 is 5.97 Å². The number of likely N-dealkylation sites (tertiary alicyclic amines) is 1. The Labute approximate surface area is 103 Å². The molecule has 0 aliphatic carbocycles. The van der Waals surface area contributed by atoms with Crippen molar-refractivity contribution in [2.45, 2.75) is 19.3 Å². The number of hydrogen-bond acceptors (Lipinski definition) is 5. The molecule has 1 saturated heterocycles. The van der Waals surface area contributed by atoms with Crippen molar-refractivity contribution < 1.29 is 17.9 Å². The SMILES string of the molecule is COC(=O)C1CCCN(CCCS(C)(=O)=O)C1. The normalized spacial score (nSPS) is 22.4. The van der Waals surface area contributed by atoms with Crippen LogP contribution in [-0.4, -0.2) is 58.0 Å². The van der Waals surface area contributed by atoms with Gasteiger partial charge < -0.3 is 9.64 Å². The minimum absolute atomic E-state index is 0.0491. The molecule has 1 rings (SSSR count). The van der Waals surface area contributed by atoms with Crippen molar-refractivity contribution in [3.05, 3.63) is 0 Å². The van der Waals surface area contributed by atoms with Crippen LogP contribution >= 0.6 is 0 Å². The van der Waals surface area contributed by atoms with E-state index < -0.39 is 9.84 Å². The van der Waals surface area contributed by atoms with Gasteiger partial charge in [0.1, 0.15) is 9.84 Å². The number of rotatable bonds is 5. The van der Waals surface area contributed by atoms with E-state index in [0.717, 1.165) is 25.9 Å². The standard InChI is InChI=1S/C11H21NO4S/c1-16-11(13)10-5-3-6-12(9-10)7-4-8-17(2,14)15/h10H,3-9H2,1-2H3. The maximum atomic E-state index is 11.4. The highest BCUT2D eigenvalue weighted by Crippen LogP contribution is 2.17. The lowest BCUT2D eigenvalue weighted by Gasteiger charge is -2.31. The highest BCUT2D eigenvalue weighted by atomic mass is 32.2. The first-order chi connectivity index (χ1) is 7.92. The van der Waals surface area contributed by atoms with Crippen LogP contribution in [0.4, 0.5) is 0 Å². The molecule has 0 radical (unpaired) electrons. The van der Waals surface area contributed by atoms with Crippen molar-refractivity contribution in [2.24, 2.45) is 5.92 Å². The number of hydrogen-bond donors (Lipinski definition) is 0. The summed E-state index contributed by atoms with van der Waals surface area (Å²) in [6.07, 6.45) is 3.72. The fraction of sp³-hybridized carbons (Fsp3) is 0.909. The van der Waals surface area contributed by atoms with E-state index in [2.05, 4.69) is 4.90 Å². The number of ether oxygens (including phenoxy) is 1. The number of piperidine rings is 1. The van der Waals surface area contributed by atoms with Crippen LogP contribution in [0.15, 0.2) is 0 Å². The summed E-state index contributed by atoms with van der Waals surface area (Å²) in [6, 6.07) is 0. The summed E-state index contributed by atoms with van der Waals surface area (Å²) in [5.41, 5.74) is 0. The van der Waals surface area contributed by atoms with Gasteiger partial charge in [-0.1, -0.05) is 0 Å². The molecule has 1 aliphatic heterocycles. The lowest BCUT2D eigenvalue weighted by atomic mass is 9.98. The molecule has 0 N–H and O–H groups in total. The van der Waals surface area contributed by atoms with E-state index in [1.807, 2.05) is 0 Å². The molecule has 0 aromatic carbocycles. The van der Waals surface area contributed by atoms with Crippen LogP contribution in [0.1, 0.15) is 19.3 Å². The van der Waals surface area contributed by atoms with E-state index in [9.17, 15) is 13.2 Å². The van der Waals surface area contributed by atoms with Crippen molar-refractivity contribution in [2.75, 3.05) is 38.8 Å². The molecule has 5 nitrogen and oxygen atoms in total. The summed E-state index contributed by atoms with van der Waals surface area (Å²) in [6.45, 7) is 2.37. The number of sulfone groups is 1. The number of esters is 1. The van der Waals surface area contributed by atoms with Crippen molar-refractivity contribution in [1.29, 1.82) is 0 Å². The topological polar surface area (TPSA) is 63.7 Å². The van der Waals surface area contributed by atoms with Gasteiger partial charge in [-0.15, -0.1) is 0 Å².